The number of halogens is 1. The summed E-state index contributed by atoms with van der Waals surface area (Å²) in [6.45, 7) is 4.26. The van der Waals surface area contributed by atoms with Gasteiger partial charge in [0.1, 0.15) is 0 Å². The molecule has 0 aromatic heterocycles. The molecule has 104 valence electrons. The van der Waals surface area contributed by atoms with E-state index in [2.05, 4.69) is 11.8 Å². The fraction of sp³-hybridized carbons (Fsp3) is 0.562. The van der Waals surface area contributed by atoms with Gasteiger partial charge in [-0.25, -0.2) is 0 Å². The van der Waals surface area contributed by atoms with E-state index in [9.17, 15) is 4.79 Å². The van der Waals surface area contributed by atoms with Gasteiger partial charge in [0.25, 0.3) is 0 Å². The Kier molecular flexibility index (Phi) is 5.41. The van der Waals surface area contributed by atoms with Crippen LogP contribution in [0.1, 0.15) is 49.4 Å². The molecule has 1 atom stereocenters. The van der Waals surface area contributed by atoms with Gasteiger partial charge >= 0.3 is 0 Å². The molecule has 1 unspecified atom stereocenters. The summed E-state index contributed by atoms with van der Waals surface area (Å²) in [6.07, 6.45) is 5.66. The Balaban J connectivity index is 1.89. The summed E-state index contributed by atoms with van der Waals surface area (Å²) in [5.41, 5.74) is 0.734. The first-order valence-corrected chi connectivity index (χ1v) is 7.61. The molecule has 1 aromatic carbocycles. The molecule has 0 bridgehead atoms. The molecule has 2 rings (SSSR count). The number of benzene rings is 1. The monoisotopic (exact) mass is 279 g/mol. The highest BCUT2D eigenvalue weighted by atomic mass is 35.5. The Hall–Kier alpha value is -0.860. The van der Waals surface area contributed by atoms with E-state index in [1.165, 1.54) is 25.7 Å². The van der Waals surface area contributed by atoms with Crippen LogP contribution in [0, 0.1) is 0 Å². The van der Waals surface area contributed by atoms with Gasteiger partial charge in [0.05, 0.1) is 0 Å². The number of rotatable bonds is 5. The molecule has 1 aromatic rings. The Morgan fingerprint density at radius 3 is 3.00 bits per heavy atom. The molecule has 19 heavy (non-hydrogen) atoms. The Labute approximate surface area is 120 Å². The van der Waals surface area contributed by atoms with Gasteiger partial charge in [-0.15, -0.1) is 0 Å². The number of nitrogens with zero attached hydrogens (tertiary/aromatic N) is 1. The maximum absolute atomic E-state index is 12.1. The molecule has 1 aliphatic rings. The van der Waals surface area contributed by atoms with E-state index in [0.29, 0.717) is 17.5 Å². The normalized spacial score (nSPS) is 20.4. The van der Waals surface area contributed by atoms with Crippen LogP contribution in [0.15, 0.2) is 24.3 Å². The number of likely N-dealkylation sites (tertiary alicyclic amines) is 1. The lowest BCUT2D eigenvalue weighted by Crippen LogP contribution is -2.40. The van der Waals surface area contributed by atoms with Crippen molar-refractivity contribution in [3.63, 3.8) is 0 Å². The Morgan fingerprint density at radius 2 is 2.26 bits per heavy atom. The number of ketones is 1. The van der Waals surface area contributed by atoms with E-state index in [1.807, 2.05) is 12.1 Å². The zero-order valence-corrected chi connectivity index (χ0v) is 12.3. The fourth-order valence-electron chi connectivity index (χ4n) is 2.87. The van der Waals surface area contributed by atoms with E-state index in [0.717, 1.165) is 18.7 Å². The molecule has 0 spiro atoms. The highest BCUT2D eigenvalue weighted by molar-refractivity contribution is 6.31. The van der Waals surface area contributed by atoms with Crippen molar-refractivity contribution in [3.8, 4) is 0 Å². The van der Waals surface area contributed by atoms with E-state index < -0.39 is 0 Å². The summed E-state index contributed by atoms with van der Waals surface area (Å²) in [4.78, 5) is 14.6. The Morgan fingerprint density at radius 1 is 1.42 bits per heavy atom. The number of carbonyl (C=O) groups excluding carboxylic acids is 1. The molecule has 0 saturated carbocycles. The standard InChI is InChI=1S/C16H22ClNO/c1-2-15-8-3-4-10-18(15)11-9-16(19)13-6-5-7-14(17)12-13/h5-7,12,15H,2-4,8-11H2,1H3. The van der Waals surface area contributed by atoms with Crippen LogP contribution in [0.2, 0.25) is 5.02 Å². The fourth-order valence-corrected chi connectivity index (χ4v) is 3.06. The zero-order valence-electron chi connectivity index (χ0n) is 11.6. The molecule has 0 aliphatic carbocycles. The molecular formula is C16H22ClNO. The van der Waals surface area contributed by atoms with Crippen molar-refractivity contribution in [2.45, 2.75) is 45.1 Å². The Bertz CT molecular complexity index is 433. The lowest BCUT2D eigenvalue weighted by Gasteiger charge is -2.35. The average Bonchev–Trinajstić information content (AvgIpc) is 2.45. The van der Waals surface area contributed by atoms with Crippen LogP contribution in [-0.2, 0) is 0 Å². The second-order valence-electron chi connectivity index (χ2n) is 5.28. The zero-order chi connectivity index (χ0) is 13.7. The molecule has 0 amide bonds. The lowest BCUT2D eigenvalue weighted by atomic mass is 9.99. The van der Waals surface area contributed by atoms with E-state index in [1.54, 1.807) is 12.1 Å². The largest absolute Gasteiger partial charge is 0.300 e. The second-order valence-corrected chi connectivity index (χ2v) is 5.71. The topological polar surface area (TPSA) is 20.3 Å². The molecule has 0 N–H and O–H groups in total. The van der Waals surface area contributed by atoms with E-state index >= 15 is 0 Å². The van der Waals surface area contributed by atoms with Gasteiger partial charge < -0.3 is 0 Å². The minimum Gasteiger partial charge on any atom is -0.300 e. The molecular weight excluding hydrogens is 258 g/mol. The number of piperidine rings is 1. The van der Waals surface area contributed by atoms with Gasteiger partial charge in [0.15, 0.2) is 5.78 Å². The van der Waals surface area contributed by atoms with E-state index in [-0.39, 0.29) is 5.78 Å². The highest BCUT2D eigenvalue weighted by Gasteiger charge is 2.21. The molecule has 3 heteroatoms. The minimum absolute atomic E-state index is 0.197. The van der Waals surface area contributed by atoms with Crippen molar-refractivity contribution in [2.75, 3.05) is 13.1 Å². The third-order valence-corrected chi connectivity index (χ3v) is 4.23. The molecule has 1 fully saturated rings. The van der Waals surface area contributed by atoms with Gasteiger partial charge in [-0.3, -0.25) is 9.69 Å². The highest BCUT2D eigenvalue weighted by Crippen LogP contribution is 2.20. The first-order valence-electron chi connectivity index (χ1n) is 7.23. The van der Waals surface area contributed by atoms with Crippen LogP contribution in [0.25, 0.3) is 0 Å². The summed E-state index contributed by atoms with van der Waals surface area (Å²) < 4.78 is 0. The van der Waals surface area contributed by atoms with Crippen molar-refractivity contribution in [1.29, 1.82) is 0 Å². The van der Waals surface area contributed by atoms with Crippen molar-refractivity contribution >= 4 is 17.4 Å². The summed E-state index contributed by atoms with van der Waals surface area (Å²) >= 11 is 5.92. The SMILES string of the molecule is CCC1CCCCN1CCC(=O)c1cccc(Cl)c1. The third-order valence-electron chi connectivity index (χ3n) is 3.99. The lowest BCUT2D eigenvalue weighted by molar-refractivity contribution is 0.0923. The van der Waals surface area contributed by atoms with Gasteiger partial charge in [0, 0.05) is 29.6 Å². The number of carbonyl (C=O) groups is 1. The molecule has 1 aliphatic heterocycles. The van der Waals surface area contributed by atoms with Crippen LogP contribution < -0.4 is 0 Å². The summed E-state index contributed by atoms with van der Waals surface area (Å²) in [6, 6.07) is 7.92. The van der Waals surface area contributed by atoms with Gasteiger partial charge in [-0.1, -0.05) is 37.1 Å². The molecule has 0 radical (unpaired) electrons. The smallest absolute Gasteiger partial charge is 0.164 e. The predicted octanol–water partition coefficient (Wildman–Crippen LogP) is 4.18. The van der Waals surface area contributed by atoms with Gasteiger partial charge in [-0.2, -0.15) is 0 Å². The van der Waals surface area contributed by atoms with Crippen LogP contribution in [0.4, 0.5) is 0 Å². The van der Waals surface area contributed by atoms with Crippen LogP contribution >= 0.6 is 11.6 Å². The number of hydrogen-bond acceptors (Lipinski definition) is 2. The first kappa shape index (κ1) is 14.5. The number of hydrogen-bond donors (Lipinski definition) is 0. The first-order chi connectivity index (χ1) is 9.20. The van der Waals surface area contributed by atoms with Gasteiger partial charge in [-0.05, 0) is 37.9 Å². The third kappa shape index (κ3) is 4.05. The molecule has 1 heterocycles. The summed E-state index contributed by atoms with van der Waals surface area (Å²) in [5, 5.41) is 0.634. The van der Waals surface area contributed by atoms with Crippen molar-refractivity contribution in [3.05, 3.63) is 34.9 Å². The van der Waals surface area contributed by atoms with Crippen LogP contribution in [0.3, 0.4) is 0 Å². The van der Waals surface area contributed by atoms with E-state index in [4.69, 9.17) is 11.6 Å². The maximum atomic E-state index is 12.1. The maximum Gasteiger partial charge on any atom is 0.164 e. The number of Topliss-reactive ketones (excluding diaryl/α,β-unsaturated/α-hetero) is 1. The van der Waals surface area contributed by atoms with Crippen molar-refractivity contribution in [1.82, 2.24) is 4.90 Å². The van der Waals surface area contributed by atoms with Crippen molar-refractivity contribution in [2.24, 2.45) is 0 Å². The molecule has 1 saturated heterocycles. The van der Waals surface area contributed by atoms with Crippen molar-refractivity contribution < 1.29 is 4.79 Å². The molecule has 2 nitrogen and oxygen atoms in total. The van der Waals surface area contributed by atoms with Crippen LogP contribution in [-0.4, -0.2) is 29.8 Å². The minimum atomic E-state index is 0.197. The summed E-state index contributed by atoms with van der Waals surface area (Å²) in [7, 11) is 0. The average molecular weight is 280 g/mol. The predicted molar refractivity (Wildman–Crippen MR) is 79.9 cm³/mol. The summed E-state index contributed by atoms with van der Waals surface area (Å²) in [5.74, 6) is 0.197. The van der Waals surface area contributed by atoms with Gasteiger partial charge in [0.2, 0.25) is 0 Å². The second kappa shape index (κ2) is 7.06. The quantitative estimate of drug-likeness (QED) is 0.754. The van der Waals surface area contributed by atoms with Crippen LogP contribution in [0.5, 0.6) is 0 Å².